The highest BCUT2D eigenvalue weighted by molar-refractivity contribution is 6.02. The third-order valence-electron chi connectivity index (χ3n) is 3.63. The van der Waals surface area contributed by atoms with Crippen LogP contribution in [0.4, 0.5) is 21.6 Å². The second-order valence-electron chi connectivity index (χ2n) is 5.44. The number of amides is 1. The number of aromatic nitrogens is 2. The van der Waals surface area contributed by atoms with Gasteiger partial charge < -0.3 is 20.1 Å². The van der Waals surface area contributed by atoms with Crippen LogP contribution in [0.3, 0.4) is 0 Å². The first kappa shape index (κ1) is 15.8. The van der Waals surface area contributed by atoms with Crippen molar-refractivity contribution in [1.82, 2.24) is 9.97 Å². The Morgan fingerprint density at radius 1 is 0.962 bits per heavy atom. The maximum Gasteiger partial charge on any atom is 0.275 e. The lowest BCUT2D eigenvalue weighted by Crippen LogP contribution is -2.14. The van der Waals surface area contributed by atoms with Crippen molar-refractivity contribution in [1.29, 1.82) is 0 Å². The van der Waals surface area contributed by atoms with Crippen LogP contribution in [-0.2, 0) is 0 Å². The molecule has 2 N–H and O–H groups in total. The Morgan fingerprint density at radius 2 is 1.73 bits per heavy atom. The molecule has 0 radical (unpaired) electrons. The van der Waals surface area contributed by atoms with E-state index in [2.05, 4.69) is 20.6 Å². The van der Waals surface area contributed by atoms with E-state index < -0.39 is 5.91 Å². The summed E-state index contributed by atoms with van der Waals surface area (Å²) in [5, 5.41) is 5.70. The van der Waals surface area contributed by atoms with Gasteiger partial charge in [0.05, 0.1) is 12.4 Å². The third-order valence-corrected chi connectivity index (χ3v) is 3.63. The van der Waals surface area contributed by atoms with Crippen molar-refractivity contribution in [2.75, 3.05) is 17.4 Å². The molecule has 2 aromatic carbocycles. The van der Waals surface area contributed by atoms with E-state index in [1.54, 1.807) is 12.1 Å². The number of ether oxygens (including phenoxy) is 2. The average molecular weight is 352 g/mol. The van der Waals surface area contributed by atoms with Gasteiger partial charge in [-0.25, -0.2) is 14.4 Å². The van der Waals surface area contributed by atoms with Crippen LogP contribution in [0, 0.1) is 5.82 Å². The van der Waals surface area contributed by atoms with E-state index >= 15 is 0 Å². The minimum Gasteiger partial charge on any atom is -0.454 e. The highest BCUT2D eigenvalue weighted by atomic mass is 19.1. The molecule has 0 saturated carbocycles. The van der Waals surface area contributed by atoms with Crippen LogP contribution in [0.1, 0.15) is 10.5 Å². The Kier molecular flexibility index (Phi) is 4.06. The molecule has 130 valence electrons. The van der Waals surface area contributed by atoms with E-state index in [4.69, 9.17) is 9.47 Å². The number of nitrogens with zero attached hydrogens (tertiary/aromatic N) is 2. The Hall–Kier alpha value is -3.68. The fraction of sp³-hybridized carbons (Fsp3) is 0.0556. The number of carbonyl (C=O) groups is 1. The van der Waals surface area contributed by atoms with Crippen molar-refractivity contribution in [2.24, 2.45) is 0 Å². The number of anilines is 3. The summed E-state index contributed by atoms with van der Waals surface area (Å²) < 4.78 is 23.5. The molecule has 0 saturated heterocycles. The molecule has 8 heteroatoms. The molecule has 0 unspecified atom stereocenters. The molecule has 26 heavy (non-hydrogen) atoms. The average Bonchev–Trinajstić information content (AvgIpc) is 3.12. The molecular formula is C18H13FN4O3. The summed E-state index contributed by atoms with van der Waals surface area (Å²) in [6.07, 6.45) is 2.80. The lowest BCUT2D eigenvalue weighted by Gasteiger charge is -2.07. The van der Waals surface area contributed by atoms with Crippen LogP contribution in [0.2, 0.25) is 0 Å². The summed E-state index contributed by atoms with van der Waals surface area (Å²) in [7, 11) is 0. The van der Waals surface area contributed by atoms with Gasteiger partial charge in [-0.05, 0) is 36.4 Å². The lowest BCUT2D eigenvalue weighted by atomic mass is 10.3. The van der Waals surface area contributed by atoms with Gasteiger partial charge in [-0.15, -0.1) is 0 Å². The molecule has 1 amide bonds. The summed E-state index contributed by atoms with van der Waals surface area (Å²) in [6, 6.07) is 10.9. The summed E-state index contributed by atoms with van der Waals surface area (Å²) >= 11 is 0. The second kappa shape index (κ2) is 6.67. The summed E-state index contributed by atoms with van der Waals surface area (Å²) in [5.41, 5.74) is 1.37. The molecule has 0 aliphatic carbocycles. The molecule has 0 bridgehead atoms. The standard InChI is InChI=1S/C18H13FN4O3/c19-11-1-3-12(4-2-11)23-18(24)14-8-21-17(9-20-14)22-13-5-6-15-16(7-13)26-10-25-15/h1-9H,10H2,(H,21,22)(H,23,24). The van der Waals surface area contributed by atoms with Crippen LogP contribution < -0.4 is 20.1 Å². The Labute approximate surface area is 147 Å². The summed E-state index contributed by atoms with van der Waals surface area (Å²) in [5.74, 6) is 1.01. The number of nitrogens with one attached hydrogen (secondary N) is 2. The van der Waals surface area contributed by atoms with E-state index in [0.717, 1.165) is 5.69 Å². The van der Waals surface area contributed by atoms with Gasteiger partial charge in [0.1, 0.15) is 17.3 Å². The van der Waals surface area contributed by atoms with Crippen LogP contribution in [0.25, 0.3) is 0 Å². The fourth-order valence-corrected chi connectivity index (χ4v) is 2.36. The highest BCUT2D eigenvalue weighted by Crippen LogP contribution is 2.34. The molecule has 0 atom stereocenters. The molecule has 1 aliphatic rings. The van der Waals surface area contributed by atoms with Crippen LogP contribution in [0.15, 0.2) is 54.9 Å². The maximum absolute atomic E-state index is 12.9. The SMILES string of the molecule is O=C(Nc1ccc(F)cc1)c1cnc(Nc2ccc3c(c2)OCO3)cn1. The van der Waals surface area contributed by atoms with Gasteiger partial charge in [-0.2, -0.15) is 0 Å². The van der Waals surface area contributed by atoms with Crippen molar-refractivity contribution in [3.63, 3.8) is 0 Å². The quantitative estimate of drug-likeness (QED) is 0.749. The van der Waals surface area contributed by atoms with E-state index in [-0.39, 0.29) is 18.3 Å². The molecule has 0 fully saturated rings. The molecule has 4 rings (SSSR count). The summed E-state index contributed by atoms with van der Waals surface area (Å²) in [4.78, 5) is 20.4. The first-order valence-electron chi connectivity index (χ1n) is 7.73. The van der Waals surface area contributed by atoms with Crippen molar-refractivity contribution >= 4 is 23.1 Å². The Morgan fingerprint density at radius 3 is 2.50 bits per heavy atom. The molecule has 3 aromatic rings. The van der Waals surface area contributed by atoms with E-state index in [1.807, 2.05) is 6.07 Å². The van der Waals surface area contributed by atoms with Gasteiger partial charge in [-0.1, -0.05) is 0 Å². The zero-order chi connectivity index (χ0) is 17.9. The van der Waals surface area contributed by atoms with Crippen LogP contribution >= 0.6 is 0 Å². The van der Waals surface area contributed by atoms with Crippen LogP contribution in [-0.4, -0.2) is 22.7 Å². The molecular weight excluding hydrogens is 339 g/mol. The van der Waals surface area contributed by atoms with Gasteiger partial charge in [-0.3, -0.25) is 4.79 Å². The maximum atomic E-state index is 12.9. The number of halogens is 1. The van der Waals surface area contributed by atoms with Gasteiger partial charge in [0, 0.05) is 17.4 Å². The number of rotatable bonds is 4. The van der Waals surface area contributed by atoms with E-state index in [9.17, 15) is 9.18 Å². The molecule has 1 aliphatic heterocycles. The number of fused-ring (bicyclic) bond motifs is 1. The smallest absolute Gasteiger partial charge is 0.275 e. The first-order valence-corrected chi connectivity index (χ1v) is 7.73. The molecule has 0 spiro atoms. The molecule has 1 aromatic heterocycles. The fourth-order valence-electron chi connectivity index (χ4n) is 2.36. The number of hydrogen-bond donors (Lipinski definition) is 2. The zero-order valence-electron chi connectivity index (χ0n) is 13.4. The second-order valence-corrected chi connectivity index (χ2v) is 5.44. The Balaban J connectivity index is 1.43. The van der Waals surface area contributed by atoms with Gasteiger partial charge in [0.15, 0.2) is 11.5 Å². The zero-order valence-corrected chi connectivity index (χ0v) is 13.4. The third kappa shape index (κ3) is 3.39. The van der Waals surface area contributed by atoms with Crippen molar-refractivity contribution in [2.45, 2.75) is 0 Å². The highest BCUT2D eigenvalue weighted by Gasteiger charge is 2.14. The van der Waals surface area contributed by atoms with Crippen molar-refractivity contribution < 1.29 is 18.7 Å². The topological polar surface area (TPSA) is 85.4 Å². The lowest BCUT2D eigenvalue weighted by molar-refractivity contribution is 0.102. The van der Waals surface area contributed by atoms with Crippen molar-refractivity contribution in [3.8, 4) is 11.5 Å². The van der Waals surface area contributed by atoms with Crippen LogP contribution in [0.5, 0.6) is 11.5 Å². The van der Waals surface area contributed by atoms with Gasteiger partial charge >= 0.3 is 0 Å². The number of carbonyl (C=O) groups excluding carboxylic acids is 1. The molecule has 2 heterocycles. The number of hydrogen-bond acceptors (Lipinski definition) is 6. The minimum atomic E-state index is -0.432. The number of benzene rings is 2. The van der Waals surface area contributed by atoms with E-state index in [0.29, 0.717) is 23.0 Å². The summed E-state index contributed by atoms with van der Waals surface area (Å²) in [6.45, 7) is 0.205. The van der Waals surface area contributed by atoms with E-state index in [1.165, 1.54) is 36.7 Å². The normalized spacial score (nSPS) is 11.9. The van der Waals surface area contributed by atoms with Gasteiger partial charge in [0.2, 0.25) is 6.79 Å². The minimum absolute atomic E-state index is 0.144. The van der Waals surface area contributed by atoms with Gasteiger partial charge in [0.25, 0.3) is 5.91 Å². The predicted octanol–water partition coefficient (Wildman–Crippen LogP) is 3.34. The van der Waals surface area contributed by atoms with Crippen molar-refractivity contribution in [3.05, 3.63) is 66.4 Å². The molecule has 7 nitrogen and oxygen atoms in total. The largest absolute Gasteiger partial charge is 0.454 e. The Bertz CT molecular complexity index is 946. The predicted molar refractivity (Wildman–Crippen MR) is 92.2 cm³/mol. The first-order chi connectivity index (χ1) is 12.7. The monoisotopic (exact) mass is 352 g/mol.